The molecule has 1 aliphatic heterocycles. The Kier molecular flexibility index (Phi) is 4.02. The van der Waals surface area contributed by atoms with Crippen molar-refractivity contribution in [3.63, 3.8) is 0 Å². The van der Waals surface area contributed by atoms with Crippen LogP contribution in [0.3, 0.4) is 0 Å². The first-order valence-corrected chi connectivity index (χ1v) is 8.82. The first-order valence-electron chi connectivity index (χ1n) is 7.38. The van der Waals surface area contributed by atoms with Gasteiger partial charge in [-0.15, -0.1) is 0 Å². The van der Waals surface area contributed by atoms with Crippen LogP contribution >= 0.6 is 0 Å². The molecule has 2 N–H and O–H groups in total. The van der Waals surface area contributed by atoms with Crippen molar-refractivity contribution in [3.8, 4) is 0 Å². The number of nitrogens with one attached hydrogen (secondary N) is 1. The van der Waals surface area contributed by atoms with Gasteiger partial charge < -0.3 is 10.4 Å². The van der Waals surface area contributed by atoms with Gasteiger partial charge in [0.05, 0.1) is 4.90 Å². The molecule has 3 rings (SSSR count). The summed E-state index contributed by atoms with van der Waals surface area (Å²) in [5.41, 5.74) is 0.357. The number of amides is 1. The first kappa shape index (κ1) is 16.1. The van der Waals surface area contributed by atoms with Crippen molar-refractivity contribution in [2.45, 2.75) is 11.8 Å². The van der Waals surface area contributed by atoms with Gasteiger partial charge in [-0.1, -0.05) is 30.3 Å². The molecule has 0 saturated heterocycles. The fourth-order valence-corrected chi connectivity index (χ4v) is 4.31. The Morgan fingerprint density at radius 1 is 1.08 bits per heavy atom. The van der Waals surface area contributed by atoms with Crippen LogP contribution in [0.2, 0.25) is 0 Å². The number of para-hydroxylation sites is 1. The van der Waals surface area contributed by atoms with Crippen LogP contribution in [0.25, 0.3) is 5.76 Å². The summed E-state index contributed by atoms with van der Waals surface area (Å²) in [4.78, 5) is 12.6. The quantitative estimate of drug-likeness (QED) is 0.896. The lowest BCUT2D eigenvalue weighted by Crippen LogP contribution is -2.39. The number of likely N-dealkylation sites (N-methyl/N-ethyl adjacent to an activating group) is 1. The Balaban J connectivity index is 2.12. The molecule has 0 bridgehead atoms. The van der Waals surface area contributed by atoms with Crippen molar-refractivity contribution in [2.24, 2.45) is 0 Å². The molecular formula is C17H16N2O4S. The Morgan fingerprint density at radius 3 is 2.38 bits per heavy atom. The molecule has 1 heterocycles. The molecule has 0 spiro atoms. The molecule has 0 saturated carbocycles. The van der Waals surface area contributed by atoms with E-state index >= 15 is 0 Å². The maximum absolute atomic E-state index is 12.7. The number of fused-ring (bicyclic) bond motifs is 1. The van der Waals surface area contributed by atoms with E-state index < -0.39 is 15.9 Å². The van der Waals surface area contributed by atoms with Gasteiger partial charge >= 0.3 is 0 Å². The predicted molar refractivity (Wildman–Crippen MR) is 90.6 cm³/mol. The number of benzene rings is 2. The van der Waals surface area contributed by atoms with Crippen molar-refractivity contribution in [3.05, 3.63) is 65.9 Å². The van der Waals surface area contributed by atoms with Crippen LogP contribution in [0.5, 0.6) is 0 Å². The Morgan fingerprint density at radius 2 is 1.71 bits per heavy atom. The summed E-state index contributed by atoms with van der Waals surface area (Å²) in [7, 11) is -3.90. The number of hydrogen-bond acceptors (Lipinski definition) is 4. The van der Waals surface area contributed by atoms with Gasteiger partial charge in [0, 0.05) is 17.8 Å². The molecule has 7 heteroatoms. The lowest BCUT2D eigenvalue weighted by molar-refractivity contribution is -0.113. The molecule has 6 nitrogen and oxygen atoms in total. The second kappa shape index (κ2) is 6.01. The summed E-state index contributed by atoms with van der Waals surface area (Å²) in [5, 5.41) is 13.1. The average Bonchev–Trinajstić information content (AvgIpc) is 2.58. The number of carbonyl (C=O) groups excluding carboxylic acids is 1. The predicted octanol–water partition coefficient (Wildman–Crippen LogP) is 2.58. The second-order valence-electron chi connectivity index (χ2n) is 5.18. The van der Waals surface area contributed by atoms with Gasteiger partial charge in [0.2, 0.25) is 0 Å². The van der Waals surface area contributed by atoms with Crippen molar-refractivity contribution < 1.29 is 18.3 Å². The fraction of sp³-hybridized carbons (Fsp3) is 0.118. The number of aliphatic hydroxyl groups is 1. The normalized spacial score (nSPS) is 15.8. The van der Waals surface area contributed by atoms with E-state index in [1.807, 2.05) is 0 Å². The monoisotopic (exact) mass is 344 g/mol. The van der Waals surface area contributed by atoms with Gasteiger partial charge in [0.25, 0.3) is 15.9 Å². The number of carbonyl (C=O) groups is 1. The van der Waals surface area contributed by atoms with Gasteiger partial charge in [0.15, 0.2) is 11.5 Å². The van der Waals surface area contributed by atoms with Crippen LogP contribution in [0.15, 0.2) is 65.2 Å². The maximum Gasteiger partial charge on any atom is 0.276 e. The molecule has 0 atom stereocenters. The average molecular weight is 344 g/mol. The Bertz CT molecular complexity index is 921. The van der Waals surface area contributed by atoms with E-state index in [9.17, 15) is 18.3 Å². The number of anilines is 1. The van der Waals surface area contributed by atoms with Crippen molar-refractivity contribution in [1.82, 2.24) is 4.31 Å². The van der Waals surface area contributed by atoms with Crippen molar-refractivity contribution >= 4 is 27.4 Å². The summed E-state index contributed by atoms with van der Waals surface area (Å²) in [6.07, 6.45) is 0. The molecule has 24 heavy (non-hydrogen) atoms. The summed E-state index contributed by atoms with van der Waals surface area (Å²) in [6, 6.07) is 14.7. The molecule has 124 valence electrons. The van der Waals surface area contributed by atoms with Crippen molar-refractivity contribution in [2.75, 3.05) is 11.9 Å². The van der Waals surface area contributed by atoms with Gasteiger partial charge in [-0.3, -0.25) is 9.10 Å². The van der Waals surface area contributed by atoms with E-state index in [0.717, 1.165) is 4.31 Å². The number of rotatable bonds is 3. The van der Waals surface area contributed by atoms with Crippen LogP contribution in [-0.2, 0) is 14.8 Å². The molecule has 1 aliphatic rings. The molecule has 2 aromatic rings. The second-order valence-corrected chi connectivity index (χ2v) is 7.01. The lowest BCUT2D eigenvalue weighted by atomic mass is 10.1. The summed E-state index contributed by atoms with van der Waals surface area (Å²) < 4.78 is 26.4. The Hall–Kier alpha value is -2.80. The number of hydrogen-bond donors (Lipinski definition) is 2. The van der Waals surface area contributed by atoms with Crippen LogP contribution in [-0.4, -0.2) is 30.3 Å². The number of aliphatic hydroxyl groups excluding tert-OH is 1. The minimum absolute atomic E-state index is 0.0133. The van der Waals surface area contributed by atoms with Crippen LogP contribution in [0, 0.1) is 0 Å². The fourth-order valence-electron chi connectivity index (χ4n) is 2.63. The smallest absolute Gasteiger partial charge is 0.276 e. The van der Waals surface area contributed by atoms with E-state index in [0.29, 0.717) is 5.69 Å². The van der Waals surface area contributed by atoms with Gasteiger partial charge in [-0.2, -0.15) is 0 Å². The van der Waals surface area contributed by atoms with E-state index in [4.69, 9.17) is 0 Å². The SMILES string of the molecule is CCN1C(C(=O)Nc2ccccc2)=C(O)c2ccccc2S1(=O)=O. The zero-order chi connectivity index (χ0) is 17.3. The van der Waals surface area contributed by atoms with E-state index in [1.54, 1.807) is 49.4 Å². The molecule has 1 amide bonds. The third-order valence-electron chi connectivity index (χ3n) is 3.72. The maximum atomic E-state index is 12.7. The zero-order valence-electron chi connectivity index (χ0n) is 12.9. The summed E-state index contributed by atoms with van der Waals surface area (Å²) >= 11 is 0. The van der Waals surface area contributed by atoms with Gasteiger partial charge in [-0.25, -0.2) is 8.42 Å². The summed E-state index contributed by atoms with van der Waals surface area (Å²) in [5.74, 6) is -1.03. The molecular weight excluding hydrogens is 328 g/mol. The van der Waals surface area contributed by atoms with Crippen LogP contribution in [0.4, 0.5) is 5.69 Å². The highest BCUT2D eigenvalue weighted by Gasteiger charge is 2.39. The minimum Gasteiger partial charge on any atom is -0.505 e. The molecule has 0 aliphatic carbocycles. The number of sulfonamides is 1. The van der Waals surface area contributed by atoms with E-state index in [-0.39, 0.29) is 28.5 Å². The van der Waals surface area contributed by atoms with E-state index in [1.165, 1.54) is 12.1 Å². The molecule has 2 aromatic carbocycles. The summed E-state index contributed by atoms with van der Waals surface area (Å²) in [6.45, 7) is 1.63. The number of nitrogens with zero attached hydrogens (tertiary/aromatic N) is 1. The highest BCUT2D eigenvalue weighted by atomic mass is 32.2. The van der Waals surface area contributed by atoms with Gasteiger partial charge in [0.1, 0.15) is 0 Å². The van der Waals surface area contributed by atoms with Crippen LogP contribution < -0.4 is 5.32 Å². The highest BCUT2D eigenvalue weighted by Crippen LogP contribution is 2.35. The standard InChI is InChI=1S/C17H16N2O4S/c1-2-19-15(17(21)18-12-8-4-3-5-9-12)16(20)13-10-6-7-11-14(13)24(19,22)23/h3-11,20H,2H2,1H3,(H,18,21). The third kappa shape index (κ3) is 2.52. The minimum atomic E-state index is -3.90. The molecule has 0 aromatic heterocycles. The molecule has 0 fully saturated rings. The topological polar surface area (TPSA) is 86.7 Å². The zero-order valence-corrected chi connectivity index (χ0v) is 13.7. The van der Waals surface area contributed by atoms with Crippen LogP contribution in [0.1, 0.15) is 12.5 Å². The molecule has 0 radical (unpaired) electrons. The van der Waals surface area contributed by atoms with E-state index in [2.05, 4.69) is 5.32 Å². The molecule has 0 unspecified atom stereocenters. The Labute approximate surface area is 140 Å². The third-order valence-corrected chi connectivity index (χ3v) is 5.65. The lowest BCUT2D eigenvalue weighted by Gasteiger charge is -2.30. The largest absolute Gasteiger partial charge is 0.505 e. The highest BCUT2D eigenvalue weighted by molar-refractivity contribution is 7.89. The van der Waals surface area contributed by atoms with Crippen molar-refractivity contribution in [1.29, 1.82) is 0 Å². The first-order chi connectivity index (χ1) is 11.5. The van der Waals surface area contributed by atoms with Gasteiger partial charge in [-0.05, 0) is 31.2 Å².